The van der Waals surface area contributed by atoms with E-state index in [2.05, 4.69) is 6.92 Å². The van der Waals surface area contributed by atoms with Crippen LogP contribution in [0.1, 0.15) is 45.4 Å². The summed E-state index contributed by atoms with van der Waals surface area (Å²) in [5, 5.41) is 0. The summed E-state index contributed by atoms with van der Waals surface area (Å²) in [4.78, 5) is 16.3. The van der Waals surface area contributed by atoms with Crippen molar-refractivity contribution in [1.82, 2.24) is 4.90 Å². The number of hydrogen-bond acceptors (Lipinski definition) is 5. The summed E-state index contributed by atoms with van der Waals surface area (Å²) in [5.41, 5.74) is 0.684. The number of urea groups is 1. The van der Waals surface area contributed by atoms with Crippen molar-refractivity contribution in [1.29, 1.82) is 0 Å². The van der Waals surface area contributed by atoms with Gasteiger partial charge < -0.3 is 13.8 Å². The van der Waals surface area contributed by atoms with Gasteiger partial charge in [0.05, 0.1) is 7.11 Å². The summed E-state index contributed by atoms with van der Waals surface area (Å²) in [6, 6.07) is 12.5. The van der Waals surface area contributed by atoms with Crippen LogP contribution in [0.5, 0.6) is 11.5 Å². The number of anilines is 1. The lowest BCUT2D eigenvalue weighted by Crippen LogP contribution is -2.32. The number of benzene rings is 2. The molecule has 0 saturated carbocycles. The van der Waals surface area contributed by atoms with Crippen LogP contribution in [-0.4, -0.2) is 46.1 Å². The number of nitrogens with zero attached hydrogens (tertiary/aromatic N) is 2. The van der Waals surface area contributed by atoms with Gasteiger partial charge >= 0.3 is 16.1 Å². The van der Waals surface area contributed by atoms with Crippen molar-refractivity contribution in [3.63, 3.8) is 0 Å². The number of methoxy groups -OCH3 is 1. The summed E-state index contributed by atoms with van der Waals surface area (Å²) in [7, 11) is -2.44. The Kier molecular flexibility index (Phi) is 8.39. The number of rotatable bonds is 12. The maximum Gasteiger partial charge on any atom is 0.339 e. The molecule has 0 bridgehead atoms. The number of carbonyl (C=O) groups is 1. The van der Waals surface area contributed by atoms with E-state index in [4.69, 9.17) is 8.92 Å². The second kappa shape index (κ2) is 11.2. The second-order valence-corrected chi connectivity index (χ2v) is 9.44. The minimum absolute atomic E-state index is 0.0244. The lowest BCUT2D eigenvalue weighted by atomic mass is 10.1. The number of hydrogen-bond donors (Lipinski definition) is 0. The smallest absolute Gasteiger partial charge is 0.339 e. The van der Waals surface area contributed by atoms with Crippen LogP contribution in [0.25, 0.3) is 0 Å². The van der Waals surface area contributed by atoms with Crippen LogP contribution in [0, 0.1) is 0 Å². The van der Waals surface area contributed by atoms with E-state index in [1.54, 1.807) is 29.2 Å². The zero-order valence-electron chi connectivity index (χ0n) is 18.8. The summed E-state index contributed by atoms with van der Waals surface area (Å²) < 4.78 is 35.4. The fourth-order valence-electron chi connectivity index (χ4n) is 3.71. The zero-order chi connectivity index (χ0) is 23.0. The third-order valence-corrected chi connectivity index (χ3v) is 6.84. The van der Waals surface area contributed by atoms with Crippen molar-refractivity contribution in [3.8, 4) is 11.5 Å². The number of carbonyl (C=O) groups excluding carboxylic acids is 1. The van der Waals surface area contributed by atoms with Gasteiger partial charge in [-0.2, -0.15) is 8.42 Å². The SMILES string of the molecule is CCCCCCCCN1CCN(c2ccc(S(=O)(=O)Oc3ccc(OC)cc3)cc2)C1=O. The molecule has 174 valence electrons. The largest absolute Gasteiger partial charge is 0.497 e. The van der Waals surface area contributed by atoms with Crippen LogP contribution in [0.3, 0.4) is 0 Å². The van der Waals surface area contributed by atoms with Gasteiger partial charge in [-0.15, -0.1) is 0 Å². The summed E-state index contributed by atoms with van der Waals surface area (Å²) >= 11 is 0. The van der Waals surface area contributed by atoms with Gasteiger partial charge in [0.1, 0.15) is 16.4 Å². The molecule has 3 rings (SSSR count). The highest BCUT2D eigenvalue weighted by molar-refractivity contribution is 7.87. The zero-order valence-corrected chi connectivity index (χ0v) is 19.6. The average Bonchev–Trinajstić information content (AvgIpc) is 3.16. The van der Waals surface area contributed by atoms with Gasteiger partial charge in [-0.3, -0.25) is 4.90 Å². The first kappa shape index (κ1) is 23.9. The van der Waals surface area contributed by atoms with Crippen molar-refractivity contribution in [3.05, 3.63) is 48.5 Å². The van der Waals surface area contributed by atoms with Gasteiger partial charge in [-0.25, -0.2) is 4.79 Å². The van der Waals surface area contributed by atoms with Crippen molar-refractivity contribution in [2.45, 2.75) is 50.3 Å². The molecule has 1 aliphatic rings. The first-order chi connectivity index (χ1) is 15.4. The third kappa shape index (κ3) is 6.16. The van der Waals surface area contributed by atoms with E-state index < -0.39 is 10.1 Å². The number of ether oxygens (including phenoxy) is 1. The highest BCUT2D eigenvalue weighted by atomic mass is 32.2. The van der Waals surface area contributed by atoms with E-state index in [0.29, 0.717) is 24.5 Å². The van der Waals surface area contributed by atoms with Gasteiger partial charge in [0.25, 0.3) is 0 Å². The highest BCUT2D eigenvalue weighted by Crippen LogP contribution is 2.25. The van der Waals surface area contributed by atoms with Gasteiger partial charge in [-0.05, 0) is 55.0 Å². The average molecular weight is 461 g/mol. The normalized spacial score (nSPS) is 14.1. The molecule has 0 aliphatic carbocycles. The molecular weight excluding hydrogens is 428 g/mol. The Morgan fingerprint density at radius 2 is 1.47 bits per heavy atom. The fourth-order valence-corrected chi connectivity index (χ4v) is 4.64. The van der Waals surface area contributed by atoms with Crippen molar-refractivity contribution in [2.75, 3.05) is 31.6 Å². The number of amides is 2. The lowest BCUT2D eigenvalue weighted by molar-refractivity contribution is 0.219. The van der Waals surface area contributed by atoms with Crippen molar-refractivity contribution >= 4 is 21.8 Å². The first-order valence-electron chi connectivity index (χ1n) is 11.2. The minimum atomic E-state index is -3.97. The predicted octanol–water partition coefficient (Wildman–Crippen LogP) is 5.07. The van der Waals surface area contributed by atoms with Crippen LogP contribution in [0.15, 0.2) is 53.4 Å². The third-order valence-electron chi connectivity index (χ3n) is 5.58. The molecule has 1 fully saturated rings. The Morgan fingerprint density at radius 3 is 2.12 bits per heavy atom. The summed E-state index contributed by atoms with van der Waals surface area (Å²) in [6.07, 6.45) is 7.14. The second-order valence-electron chi connectivity index (χ2n) is 7.90. The van der Waals surface area contributed by atoms with Crippen molar-refractivity contribution < 1.29 is 22.1 Å². The van der Waals surface area contributed by atoms with Gasteiger partial charge in [-0.1, -0.05) is 39.0 Å². The topological polar surface area (TPSA) is 76.2 Å². The molecule has 2 amide bonds. The van der Waals surface area contributed by atoms with Crippen molar-refractivity contribution in [2.24, 2.45) is 0 Å². The maximum absolute atomic E-state index is 12.7. The molecule has 1 heterocycles. The Morgan fingerprint density at radius 1 is 0.844 bits per heavy atom. The summed E-state index contributed by atoms with van der Waals surface area (Å²) in [5.74, 6) is 0.815. The molecule has 0 N–H and O–H groups in total. The predicted molar refractivity (Wildman–Crippen MR) is 125 cm³/mol. The molecule has 2 aromatic carbocycles. The molecule has 0 aromatic heterocycles. The van der Waals surface area contributed by atoms with E-state index in [1.807, 2.05) is 4.90 Å². The molecule has 7 nitrogen and oxygen atoms in total. The van der Waals surface area contributed by atoms with Gasteiger partial charge in [0.15, 0.2) is 0 Å². The molecule has 0 radical (unpaired) electrons. The lowest BCUT2D eigenvalue weighted by Gasteiger charge is -2.19. The van der Waals surface area contributed by atoms with E-state index in [-0.39, 0.29) is 16.7 Å². The Hall–Kier alpha value is -2.74. The Balaban J connectivity index is 1.56. The molecule has 0 unspecified atom stereocenters. The van der Waals surface area contributed by atoms with Crippen LogP contribution in [0.2, 0.25) is 0 Å². The van der Waals surface area contributed by atoms with Crippen LogP contribution >= 0.6 is 0 Å². The maximum atomic E-state index is 12.7. The Labute approximate surface area is 191 Å². The molecule has 8 heteroatoms. The van der Waals surface area contributed by atoms with E-state index in [0.717, 1.165) is 19.4 Å². The van der Waals surface area contributed by atoms with Gasteiger partial charge in [0, 0.05) is 25.3 Å². The fraction of sp³-hybridized carbons (Fsp3) is 0.458. The molecule has 2 aromatic rings. The molecule has 1 saturated heterocycles. The van der Waals surface area contributed by atoms with Crippen LogP contribution < -0.4 is 13.8 Å². The monoisotopic (exact) mass is 460 g/mol. The minimum Gasteiger partial charge on any atom is -0.497 e. The molecular formula is C24H32N2O5S. The standard InChI is InChI=1S/C24H32N2O5S/c1-3-4-5-6-7-8-17-25-18-19-26(24(25)27)20-9-15-23(16-10-20)32(28,29)31-22-13-11-21(30-2)12-14-22/h9-16H,3-8,17-19H2,1-2H3. The van der Waals surface area contributed by atoms with Crippen LogP contribution in [0.4, 0.5) is 10.5 Å². The molecule has 0 spiro atoms. The summed E-state index contributed by atoms with van der Waals surface area (Å²) in [6.45, 7) is 4.26. The van der Waals surface area contributed by atoms with E-state index in [1.165, 1.54) is 57.1 Å². The highest BCUT2D eigenvalue weighted by Gasteiger charge is 2.29. The van der Waals surface area contributed by atoms with Crippen LogP contribution in [-0.2, 0) is 10.1 Å². The number of unbranched alkanes of at least 4 members (excludes halogenated alkanes) is 5. The van der Waals surface area contributed by atoms with Gasteiger partial charge in [0.2, 0.25) is 0 Å². The first-order valence-corrected chi connectivity index (χ1v) is 12.6. The van der Waals surface area contributed by atoms with E-state index in [9.17, 15) is 13.2 Å². The van der Waals surface area contributed by atoms with E-state index >= 15 is 0 Å². The molecule has 32 heavy (non-hydrogen) atoms. The molecule has 0 atom stereocenters. The Bertz CT molecular complexity index is 974. The molecule has 1 aliphatic heterocycles. The quantitative estimate of drug-likeness (QED) is 0.327.